The molecular weight excluding hydrogens is 438 g/mol. The van der Waals surface area contributed by atoms with Crippen LogP contribution in [0.25, 0.3) is 0 Å². The maximum atomic E-state index is 13.1. The molecule has 2 amide bonds. The highest BCUT2D eigenvalue weighted by Gasteiger charge is 2.38. The maximum Gasteiger partial charge on any atom is 0.307 e. The number of hydrogen-bond acceptors (Lipinski definition) is 7. The van der Waals surface area contributed by atoms with Gasteiger partial charge in [0.05, 0.1) is 32.4 Å². The minimum Gasteiger partial charge on any atom is -0.479 e. The molecule has 1 saturated carbocycles. The summed E-state index contributed by atoms with van der Waals surface area (Å²) in [5, 5.41) is 0. The van der Waals surface area contributed by atoms with E-state index in [1.54, 1.807) is 36.3 Å². The van der Waals surface area contributed by atoms with E-state index >= 15 is 0 Å². The molecule has 3 aliphatic rings. The molecule has 2 fully saturated rings. The van der Waals surface area contributed by atoms with E-state index in [2.05, 4.69) is 4.98 Å². The van der Waals surface area contributed by atoms with Crippen LogP contribution in [0.5, 0.6) is 11.6 Å². The summed E-state index contributed by atoms with van der Waals surface area (Å²) in [4.78, 5) is 45.0. The predicted octanol–water partition coefficient (Wildman–Crippen LogP) is 2.74. The molecule has 0 bridgehead atoms. The number of methoxy groups -OCH3 is 1. The van der Waals surface area contributed by atoms with E-state index in [-0.39, 0.29) is 30.2 Å². The Bertz CT molecular complexity index is 1110. The first-order valence-electron chi connectivity index (χ1n) is 11.5. The van der Waals surface area contributed by atoms with Crippen LogP contribution in [0.2, 0.25) is 0 Å². The van der Waals surface area contributed by atoms with Crippen molar-refractivity contribution in [2.75, 3.05) is 32.2 Å². The first kappa shape index (κ1) is 22.2. The second-order valence-corrected chi connectivity index (χ2v) is 8.96. The normalized spacial score (nSPS) is 21.6. The zero-order chi connectivity index (χ0) is 23.8. The third-order valence-electron chi connectivity index (χ3n) is 6.62. The molecule has 9 nitrogen and oxygen atoms in total. The van der Waals surface area contributed by atoms with Gasteiger partial charge >= 0.3 is 5.97 Å². The van der Waals surface area contributed by atoms with Crippen LogP contribution >= 0.6 is 0 Å². The summed E-state index contributed by atoms with van der Waals surface area (Å²) in [6.45, 7) is 1.17. The summed E-state index contributed by atoms with van der Waals surface area (Å²) in [7, 11) is 2.99. The summed E-state index contributed by atoms with van der Waals surface area (Å²) >= 11 is 0. The van der Waals surface area contributed by atoms with Crippen molar-refractivity contribution in [2.24, 2.45) is 5.92 Å². The number of fused-ring (bicyclic) bond motifs is 1. The van der Waals surface area contributed by atoms with Crippen molar-refractivity contribution in [3.8, 4) is 11.6 Å². The van der Waals surface area contributed by atoms with Gasteiger partial charge in [-0.3, -0.25) is 14.4 Å². The summed E-state index contributed by atoms with van der Waals surface area (Å²) < 4.78 is 16.3. The number of ether oxygens (including phenoxy) is 3. The zero-order valence-electron chi connectivity index (χ0n) is 19.2. The highest BCUT2D eigenvalue weighted by atomic mass is 16.5. The zero-order valence-corrected chi connectivity index (χ0v) is 19.2. The van der Waals surface area contributed by atoms with Gasteiger partial charge < -0.3 is 24.0 Å². The number of rotatable bonds is 8. The lowest BCUT2D eigenvalue weighted by Gasteiger charge is -2.19. The van der Waals surface area contributed by atoms with Crippen molar-refractivity contribution in [3.63, 3.8) is 0 Å². The molecule has 1 aromatic heterocycles. The van der Waals surface area contributed by atoms with Crippen LogP contribution < -0.4 is 14.4 Å². The van der Waals surface area contributed by atoms with Crippen LogP contribution in [0, 0.1) is 5.92 Å². The Morgan fingerprint density at radius 3 is 2.68 bits per heavy atom. The molecule has 178 valence electrons. The minimum absolute atomic E-state index is 0.0854. The number of aromatic nitrogens is 1. The lowest BCUT2D eigenvalue weighted by molar-refractivity contribution is -0.141. The number of anilines is 1. The molecule has 0 radical (unpaired) electrons. The SMILES string of the molecule is COC(=O)CC1c2ccc(N3CC[C@@H](Oc4ccc(OCC5CC5)nc4)C3=O)cc2C(=O)N1C. The molecule has 1 saturated heterocycles. The van der Waals surface area contributed by atoms with Crippen LogP contribution in [0.3, 0.4) is 0 Å². The Kier molecular flexibility index (Phi) is 5.85. The van der Waals surface area contributed by atoms with Crippen molar-refractivity contribution in [2.45, 2.75) is 37.8 Å². The fraction of sp³-hybridized carbons (Fsp3) is 0.440. The topological polar surface area (TPSA) is 98.3 Å². The standard InChI is InChI=1S/C25H27N3O6/c1-27-20(12-23(29)32-2)18-7-5-16(11-19(18)24(27)30)28-10-9-21(25(28)31)34-17-6-8-22(26-13-17)33-14-15-3-4-15/h5-8,11,13,15,20-21H,3-4,9-10,12,14H2,1-2H3/t20?,21-/m1/s1. The molecule has 0 N–H and O–H groups in total. The largest absolute Gasteiger partial charge is 0.479 e. The number of nitrogens with zero attached hydrogens (tertiary/aromatic N) is 3. The Hall–Kier alpha value is -3.62. The first-order chi connectivity index (χ1) is 16.4. The van der Waals surface area contributed by atoms with Crippen molar-refractivity contribution in [3.05, 3.63) is 47.7 Å². The van der Waals surface area contributed by atoms with Gasteiger partial charge in [-0.05, 0) is 42.5 Å². The number of amides is 2. The smallest absolute Gasteiger partial charge is 0.307 e. The van der Waals surface area contributed by atoms with Gasteiger partial charge in [-0.2, -0.15) is 0 Å². The second-order valence-electron chi connectivity index (χ2n) is 8.96. The van der Waals surface area contributed by atoms with Gasteiger partial charge in [0.2, 0.25) is 5.88 Å². The molecule has 2 aliphatic heterocycles. The number of pyridine rings is 1. The van der Waals surface area contributed by atoms with Gasteiger partial charge in [-0.15, -0.1) is 0 Å². The number of hydrogen-bond donors (Lipinski definition) is 0. The van der Waals surface area contributed by atoms with E-state index in [4.69, 9.17) is 14.2 Å². The average Bonchev–Trinajstić information content (AvgIpc) is 3.58. The fourth-order valence-corrected chi connectivity index (χ4v) is 4.41. The quantitative estimate of drug-likeness (QED) is 0.553. The number of benzene rings is 1. The van der Waals surface area contributed by atoms with Crippen LogP contribution in [0.1, 0.15) is 47.6 Å². The molecule has 2 atom stereocenters. The fourth-order valence-electron chi connectivity index (χ4n) is 4.41. The third-order valence-corrected chi connectivity index (χ3v) is 6.62. The van der Waals surface area contributed by atoms with E-state index in [0.29, 0.717) is 48.4 Å². The molecule has 5 rings (SSSR count). The van der Waals surface area contributed by atoms with Gasteiger partial charge in [0, 0.05) is 37.3 Å². The number of carbonyl (C=O) groups excluding carboxylic acids is 3. The van der Waals surface area contributed by atoms with Crippen LogP contribution in [-0.2, 0) is 14.3 Å². The van der Waals surface area contributed by atoms with E-state index in [1.165, 1.54) is 24.9 Å². The molecule has 1 unspecified atom stereocenters. The molecule has 9 heteroatoms. The van der Waals surface area contributed by atoms with Crippen molar-refractivity contribution in [1.82, 2.24) is 9.88 Å². The Morgan fingerprint density at radius 1 is 1.15 bits per heavy atom. The number of carbonyl (C=O) groups is 3. The molecule has 1 aromatic carbocycles. The Labute approximate surface area is 197 Å². The van der Waals surface area contributed by atoms with Crippen LogP contribution in [-0.4, -0.2) is 61.1 Å². The lowest BCUT2D eigenvalue weighted by atomic mass is 10.0. The van der Waals surface area contributed by atoms with Crippen molar-refractivity contribution < 1.29 is 28.6 Å². The van der Waals surface area contributed by atoms with E-state index in [0.717, 1.165) is 5.56 Å². The Balaban J connectivity index is 1.25. The first-order valence-corrected chi connectivity index (χ1v) is 11.5. The molecule has 1 aliphatic carbocycles. The van der Waals surface area contributed by atoms with Crippen LogP contribution in [0.15, 0.2) is 36.5 Å². The lowest BCUT2D eigenvalue weighted by Crippen LogP contribution is -2.32. The van der Waals surface area contributed by atoms with Gasteiger partial charge in [0.15, 0.2) is 6.10 Å². The minimum atomic E-state index is -0.626. The summed E-state index contributed by atoms with van der Waals surface area (Å²) in [5.74, 6) is 0.980. The van der Waals surface area contributed by atoms with Gasteiger partial charge in [-0.25, -0.2) is 4.98 Å². The molecule has 3 heterocycles. The summed E-state index contributed by atoms with van der Waals surface area (Å²) in [6, 6.07) is 8.48. The molecule has 0 spiro atoms. The monoisotopic (exact) mass is 465 g/mol. The highest BCUT2D eigenvalue weighted by Crippen LogP contribution is 2.38. The average molecular weight is 466 g/mol. The van der Waals surface area contributed by atoms with Gasteiger partial charge in [0.25, 0.3) is 11.8 Å². The maximum absolute atomic E-state index is 13.1. The summed E-state index contributed by atoms with van der Waals surface area (Å²) in [5.41, 5.74) is 1.89. The highest BCUT2D eigenvalue weighted by molar-refractivity contribution is 6.03. The third kappa shape index (κ3) is 4.30. The summed E-state index contributed by atoms with van der Waals surface area (Å²) in [6.07, 6.45) is 3.98. The molecule has 2 aromatic rings. The van der Waals surface area contributed by atoms with Gasteiger partial charge in [0.1, 0.15) is 5.75 Å². The molecular formula is C25H27N3O6. The number of esters is 1. The van der Waals surface area contributed by atoms with Crippen molar-refractivity contribution >= 4 is 23.5 Å². The predicted molar refractivity (Wildman–Crippen MR) is 122 cm³/mol. The van der Waals surface area contributed by atoms with Crippen molar-refractivity contribution in [1.29, 1.82) is 0 Å². The molecule has 34 heavy (non-hydrogen) atoms. The second kappa shape index (κ2) is 8.96. The Morgan fingerprint density at radius 2 is 1.97 bits per heavy atom. The van der Waals surface area contributed by atoms with Crippen LogP contribution in [0.4, 0.5) is 5.69 Å². The van der Waals surface area contributed by atoms with E-state index < -0.39 is 6.10 Å². The van der Waals surface area contributed by atoms with E-state index in [9.17, 15) is 14.4 Å². The van der Waals surface area contributed by atoms with E-state index in [1.807, 2.05) is 12.1 Å². The van der Waals surface area contributed by atoms with Gasteiger partial charge in [-0.1, -0.05) is 6.07 Å².